The van der Waals surface area contributed by atoms with E-state index < -0.39 is 0 Å². The van der Waals surface area contributed by atoms with E-state index in [2.05, 4.69) is 4.98 Å². The van der Waals surface area contributed by atoms with Crippen LogP contribution in [0.15, 0.2) is 36.7 Å². The number of aromatic nitrogens is 2. The van der Waals surface area contributed by atoms with E-state index in [1.165, 1.54) is 0 Å². The summed E-state index contributed by atoms with van der Waals surface area (Å²) < 4.78 is 7.15. The third-order valence-electron chi connectivity index (χ3n) is 2.47. The molecule has 0 unspecified atom stereocenters. The average molecular weight is 218 g/mol. The molecule has 0 aliphatic rings. The van der Waals surface area contributed by atoms with Crippen molar-refractivity contribution >= 4 is 0 Å². The lowest BCUT2D eigenvalue weighted by Gasteiger charge is -2.10. The Labute approximate surface area is 94.1 Å². The van der Waals surface area contributed by atoms with Crippen molar-refractivity contribution in [2.24, 2.45) is 0 Å². The number of pyridine rings is 1. The molecule has 84 valence electrons. The van der Waals surface area contributed by atoms with E-state index in [-0.39, 0.29) is 6.61 Å². The zero-order chi connectivity index (χ0) is 11.4. The highest BCUT2D eigenvalue weighted by Gasteiger charge is 2.05. The molecule has 0 aromatic carbocycles. The van der Waals surface area contributed by atoms with Crippen LogP contribution in [0.2, 0.25) is 0 Å². The Balaban J connectivity index is 2.26. The van der Waals surface area contributed by atoms with Crippen LogP contribution in [0.4, 0.5) is 0 Å². The molecule has 0 spiro atoms. The van der Waals surface area contributed by atoms with Crippen molar-refractivity contribution in [2.45, 2.75) is 13.2 Å². The molecule has 0 aliphatic carbocycles. The molecule has 0 saturated heterocycles. The maximum absolute atomic E-state index is 9.14. The molecule has 0 radical (unpaired) electrons. The molecular formula is C12H14N2O2. The first kappa shape index (κ1) is 10.7. The van der Waals surface area contributed by atoms with Gasteiger partial charge in [0.15, 0.2) is 0 Å². The van der Waals surface area contributed by atoms with E-state index >= 15 is 0 Å². The Morgan fingerprint density at radius 1 is 1.38 bits per heavy atom. The van der Waals surface area contributed by atoms with Gasteiger partial charge in [-0.2, -0.15) is 0 Å². The number of ether oxygens (including phenoxy) is 1. The normalized spacial score (nSPS) is 10.4. The summed E-state index contributed by atoms with van der Waals surface area (Å²) in [5, 5.41) is 9.14. The number of aliphatic hydroxyl groups excluding tert-OH is 1. The third kappa shape index (κ3) is 2.06. The van der Waals surface area contributed by atoms with Crippen LogP contribution in [0.3, 0.4) is 0 Å². The first-order valence-electron chi connectivity index (χ1n) is 5.08. The van der Waals surface area contributed by atoms with Gasteiger partial charge >= 0.3 is 0 Å². The van der Waals surface area contributed by atoms with Gasteiger partial charge in [-0.05, 0) is 18.2 Å². The van der Waals surface area contributed by atoms with Crippen molar-refractivity contribution in [2.75, 3.05) is 7.11 Å². The van der Waals surface area contributed by atoms with Gasteiger partial charge in [-0.1, -0.05) is 6.07 Å². The van der Waals surface area contributed by atoms with Crippen LogP contribution in [0, 0.1) is 0 Å². The highest BCUT2D eigenvalue weighted by Crippen LogP contribution is 2.16. The highest BCUT2D eigenvalue weighted by molar-refractivity contribution is 5.26. The van der Waals surface area contributed by atoms with Gasteiger partial charge in [-0.3, -0.25) is 0 Å². The summed E-state index contributed by atoms with van der Waals surface area (Å²) in [6.45, 7) is 0.690. The van der Waals surface area contributed by atoms with Crippen molar-refractivity contribution < 1.29 is 9.84 Å². The molecule has 2 heterocycles. The van der Waals surface area contributed by atoms with E-state index in [0.717, 1.165) is 11.3 Å². The molecule has 2 aromatic heterocycles. The molecule has 16 heavy (non-hydrogen) atoms. The number of methoxy groups -OCH3 is 1. The van der Waals surface area contributed by atoms with E-state index in [1.54, 1.807) is 13.3 Å². The predicted octanol–water partition coefficient (Wildman–Crippen LogP) is 1.43. The summed E-state index contributed by atoms with van der Waals surface area (Å²) in [5.74, 6) is 0.625. The molecule has 4 nitrogen and oxygen atoms in total. The van der Waals surface area contributed by atoms with Crippen LogP contribution >= 0.6 is 0 Å². The van der Waals surface area contributed by atoms with Crippen LogP contribution in [0.5, 0.6) is 5.88 Å². The largest absolute Gasteiger partial charge is 0.481 e. The van der Waals surface area contributed by atoms with Gasteiger partial charge in [0.1, 0.15) is 0 Å². The van der Waals surface area contributed by atoms with Crippen molar-refractivity contribution in [3.63, 3.8) is 0 Å². The number of hydrogen-bond acceptors (Lipinski definition) is 3. The van der Waals surface area contributed by atoms with E-state index in [4.69, 9.17) is 9.84 Å². The first-order valence-corrected chi connectivity index (χ1v) is 5.08. The van der Waals surface area contributed by atoms with E-state index in [1.807, 2.05) is 35.0 Å². The maximum Gasteiger partial charge on any atom is 0.218 e. The molecule has 0 saturated carbocycles. The lowest BCUT2D eigenvalue weighted by molar-refractivity contribution is 0.271. The number of hydrogen-bond donors (Lipinski definition) is 1. The summed E-state index contributed by atoms with van der Waals surface area (Å²) >= 11 is 0. The van der Waals surface area contributed by atoms with Crippen LogP contribution in [0.1, 0.15) is 11.3 Å². The van der Waals surface area contributed by atoms with E-state index in [0.29, 0.717) is 12.4 Å². The van der Waals surface area contributed by atoms with Gasteiger partial charge in [0.25, 0.3) is 0 Å². The molecule has 0 bridgehead atoms. The Morgan fingerprint density at radius 3 is 3.00 bits per heavy atom. The second kappa shape index (κ2) is 4.81. The lowest BCUT2D eigenvalue weighted by Crippen LogP contribution is -2.05. The molecule has 0 atom stereocenters. The van der Waals surface area contributed by atoms with Crippen molar-refractivity contribution in [1.29, 1.82) is 0 Å². The topological polar surface area (TPSA) is 47.3 Å². The SMILES string of the molecule is COc1ncccc1Cn1cccc1CO. The molecule has 1 N–H and O–H groups in total. The Morgan fingerprint density at radius 2 is 2.25 bits per heavy atom. The fourth-order valence-corrected chi connectivity index (χ4v) is 1.66. The molecular weight excluding hydrogens is 204 g/mol. The van der Waals surface area contributed by atoms with Gasteiger partial charge in [0.05, 0.1) is 20.3 Å². The highest BCUT2D eigenvalue weighted by atomic mass is 16.5. The zero-order valence-corrected chi connectivity index (χ0v) is 9.13. The maximum atomic E-state index is 9.14. The molecule has 2 rings (SSSR count). The summed E-state index contributed by atoms with van der Waals surface area (Å²) in [7, 11) is 1.61. The molecule has 0 aliphatic heterocycles. The summed E-state index contributed by atoms with van der Waals surface area (Å²) in [6.07, 6.45) is 3.63. The Bertz CT molecular complexity index is 466. The third-order valence-corrected chi connectivity index (χ3v) is 2.47. The van der Waals surface area contributed by atoms with Crippen molar-refractivity contribution in [3.8, 4) is 5.88 Å². The number of nitrogens with zero attached hydrogens (tertiary/aromatic N) is 2. The van der Waals surface area contributed by atoms with Crippen LogP contribution in [-0.2, 0) is 13.2 Å². The second-order valence-corrected chi connectivity index (χ2v) is 3.46. The summed E-state index contributed by atoms with van der Waals surface area (Å²) in [6, 6.07) is 7.64. The minimum atomic E-state index is 0.0373. The standard InChI is InChI=1S/C12H14N2O2/c1-16-12-10(4-2-6-13-12)8-14-7-3-5-11(14)9-15/h2-7,15H,8-9H2,1H3. The molecule has 0 amide bonds. The monoisotopic (exact) mass is 218 g/mol. The summed E-state index contributed by atoms with van der Waals surface area (Å²) in [5.41, 5.74) is 1.88. The zero-order valence-electron chi connectivity index (χ0n) is 9.13. The van der Waals surface area contributed by atoms with Gasteiger partial charge < -0.3 is 14.4 Å². The fraction of sp³-hybridized carbons (Fsp3) is 0.250. The molecule has 2 aromatic rings. The van der Waals surface area contributed by atoms with Crippen LogP contribution < -0.4 is 4.74 Å². The lowest BCUT2D eigenvalue weighted by atomic mass is 10.2. The number of rotatable bonds is 4. The van der Waals surface area contributed by atoms with Gasteiger partial charge in [0, 0.05) is 23.7 Å². The minimum absolute atomic E-state index is 0.0373. The minimum Gasteiger partial charge on any atom is -0.481 e. The van der Waals surface area contributed by atoms with Crippen LogP contribution in [-0.4, -0.2) is 21.8 Å². The van der Waals surface area contributed by atoms with Gasteiger partial charge in [-0.15, -0.1) is 0 Å². The smallest absolute Gasteiger partial charge is 0.218 e. The average Bonchev–Trinajstić information content (AvgIpc) is 2.77. The Kier molecular flexibility index (Phi) is 3.22. The molecule has 4 heteroatoms. The predicted molar refractivity (Wildman–Crippen MR) is 60.2 cm³/mol. The fourth-order valence-electron chi connectivity index (χ4n) is 1.66. The number of aliphatic hydroxyl groups is 1. The van der Waals surface area contributed by atoms with Crippen molar-refractivity contribution in [3.05, 3.63) is 47.9 Å². The second-order valence-electron chi connectivity index (χ2n) is 3.46. The molecule has 0 fully saturated rings. The van der Waals surface area contributed by atoms with Gasteiger partial charge in [-0.25, -0.2) is 4.98 Å². The first-order chi connectivity index (χ1) is 7.85. The van der Waals surface area contributed by atoms with Crippen molar-refractivity contribution in [1.82, 2.24) is 9.55 Å². The van der Waals surface area contributed by atoms with Gasteiger partial charge in [0.2, 0.25) is 5.88 Å². The van der Waals surface area contributed by atoms with E-state index in [9.17, 15) is 0 Å². The summed E-state index contributed by atoms with van der Waals surface area (Å²) in [4.78, 5) is 4.14. The Hall–Kier alpha value is -1.81. The van der Waals surface area contributed by atoms with Crippen LogP contribution in [0.25, 0.3) is 0 Å². The quantitative estimate of drug-likeness (QED) is 0.844.